The number of anilines is 1. The molecule has 0 amide bonds. The highest BCUT2D eigenvalue weighted by molar-refractivity contribution is 7.93. The van der Waals surface area contributed by atoms with Crippen LogP contribution < -0.4 is 19.5 Å². The van der Waals surface area contributed by atoms with Crippen LogP contribution in [0.15, 0.2) is 47.6 Å². The zero-order valence-electron chi connectivity index (χ0n) is 18.9. The third-order valence-electron chi connectivity index (χ3n) is 6.25. The third kappa shape index (κ3) is 5.27. The SMILES string of the molecule is O=S(=O)(Nc1ncns1)c1ccc2c(c1)OCCC2Oc1ccc(C(F)(F)F)cc1C1CCNCC1. The van der Waals surface area contributed by atoms with Gasteiger partial charge in [0, 0.05) is 29.6 Å². The number of nitrogens with one attached hydrogen (secondary N) is 2. The number of hydrogen-bond donors (Lipinski definition) is 2. The second-order valence-corrected chi connectivity index (χ2v) is 11.0. The lowest BCUT2D eigenvalue weighted by Crippen LogP contribution is -2.27. The van der Waals surface area contributed by atoms with Crippen LogP contribution in [0.1, 0.15) is 48.0 Å². The standard InChI is InChI=1S/C23H23F3N4O4S2/c24-23(25,26)15-1-4-19(18(11-15)14-5-8-27-9-6-14)34-20-7-10-33-21-12-16(2-3-17(20)21)36(31,32)30-22-28-13-29-35-22/h1-4,11-14,20,27H,5-10H2,(H,28,29,30). The number of rotatable bonds is 6. The van der Waals surface area contributed by atoms with Gasteiger partial charge in [-0.2, -0.15) is 17.5 Å². The van der Waals surface area contributed by atoms with E-state index < -0.39 is 27.9 Å². The second kappa shape index (κ2) is 9.87. The number of halogens is 3. The van der Waals surface area contributed by atoms with Crippen LogP contribution in [0.25, 0.3) is 0 Å². The van der Waals surface area contributed by atoms with E-state index in [2.05, 4.69) is 19.4 Å². The van der Waals surface area contributed by atoms with E-state index >= 15 is 0 Å². The van der Waals surface area contributed by atoms with Gasteiger partial charge in [-0.15, -0.1) is 0 Å². The number of ether oxygens (including phenoxy) is 2. The van der Waals surface area contributed by atoms with Crippen LogP contribution in [0.3, 0.4) is 0 Å². The van der Waals surface area contributed by atoms with Crippen molar-refractivity contribution in [2.45, 2.75) is 42.4 Å². The number of fused-ring (bicyclic) bond motifs is 1. The molecule has 1 atom stereocenters. The summed E-state index contributed by atoms with van der Waals surface area (Å²) in [5.41, 5.74) is 0.473. The summed E-state index contributed by atoms with van der Waals surface area (Å²) in [6.45, 7) is 1.72. The summed E-state index contributed by atoms with van der Waals surface area (Å²) in [5, 5.41) is 3.38. The van der Waals surface area contributed by atoms with Crippen LogP contribution in [0, 0.1) is 0 Å². The summed E-state index contributed by atoms with van der Waals surface area (Å²) in [4.78, 5) is 3.82. The maximum atomic E-state index is 13.4. The highest BCUT2D eigenvalue weighted by Gasteiger charge is 2.33. The highest BCUT2D eigenvalue weighted by Crippen LogP contribution is 2.42. The minimum Gasteiger partial charge on any atom is -0.493 e. The Hall–Kier alpha value is -2.90. The average Bonchev–Trinajstić information content (AvgIpc) is 3.36. The molecule has 5 rings (SSSR count). The molecule has 36 heavy (non-hydrogen) atoms. The predicted octanol–water partition coefficient (Wildman–Crippen LogP) is 4.73. The van der Waals surface area contributed by atoms with Crippen molar-refractivity contribution in [1.29, 1.82) is 0 Å². The molecule has 2 N–H and O–H groups in total. The molecule has 13 heteroatoms. The Bertz CT molecular complexity index is 1330. The number of hydrogen-bond acceptors (Lipinski definition) is 8. The van der Waals surface area contributed by atoms with Crippen molar-refractivity contribution in [3.63, 3.8) is 0 Å². The zero-order valence-corrected chi connectivity index (χ0v) is 20.5. The van der Waals surface area contributed by atoms with Crippen LogP contribution >= 0.6 is 11.5 Å². The molecule has 1 unspecified atom stereocenters. The Morgan fingerprint density at radius 2 is 1.89 bits per heavy atom. The zero-order chi connectivity index (χ0) is 25.3. The van der Waals surface area contributed by atoms with E-state index in [9.17, 15) is 21.6 Å². The first kappa shape index (κ1) is 24.8. The topological polar surface area (TPSA) is 102 Å². The van der Waals surface area contributed by atoms with Gasteiger partial charge >= 0.3 is 6.18 Å². The largest absolute Gasteiger partial charge is 0.493 e. The second-order valence-electron chi connectivity index (χ2n) is 8.57. The number of benzene rings is 2. The Balaban J connectivity index is 1.43. The number of alkyl halides is 3. The van der Waals surface area contributed by atoms with Crippen LogP contribution in [-0.4, -0.2) is 37.5 Å². The molecular weight excluding hydrogens is 517 g/mol. The molecule has 8 nitrogen and oxygen atoms in total. The first-order valence-corrected chi connectivity index (χ1v) is 13.6. The predicted molar refractivity (Wildman–Crippen MR) is 127 cm³/mol. The van der Waals surface area contributed by atoms with E-state index in [1.807, 2.05) is 0 Å². The maximum absolute atomic E-state index is 13.4. The number of nitrogens with zero attached hydrogens (tertiary/aromatic N) is 2. The van der Waals surface area contributed by atoms with E-state index in [0.717, 1.165) is 30.7 Å². The summed E-state index contributed by atoms with van der Waals surface area (Å²) in [6.07, 6.45) is -1.81. The lowest BCUT2D eigenvalue weighted by molar-refractivity contribution is -0.137. The van der Waals surface area contributed by atoms with E-state index in [0.29, 0.717) is 41.9 Å². The van der Waals surface area contributed by atoms with Crippen molar-refractivity contribution >= 4 is 26.7 Å². The van der Waals surface area contributed by atoms with Gasteiger partial charge in [-0.05, 0) is 61.7 Å². The van der Waals surface area contributed by atoms with Crippen molar-refractivity contribution in [1.82, 2.24) is 14.7 Å². The Kier molecular flexibility index (Phi) is 6.79. The Morgan fingerprint density at radius 1 is 1.08 bits per heavy atom. The van der Waals surface area contributed by atoms with Crippen LogP contribution in [0.5, 0.6) is 11.5 Å². The molecule has 2 aromatic carbocycles. The van der Waals surface area contributed by atoms with Crippen LogP contribution in [0.4, 0.5) is 18.3 Å². The van der Waals surface area contributed by atoms with Gasteiger partial charge in [-0.3, -0.25) is 4.72 Å². The normalized spacial score (nSPS) is 18.8. The molecule has 1 aromatic heterocycles. The molecular formula is C23H23F3N4O4S2. The van der Waals surface area contributed by atoms with Gasteiger partial charge in [-0.1, -0.05) is 6.07 Å². The monoisotopic (exact) mass is 540 g/mol. The van der Waals surface area contributed by atoms with Crippen molar-refractivity contribution in [2.24, 2.45) is 0 Å². The van der Waals surface area contributed by atoms with Gasteiger partial charge in [0.05, 0.1) is 17.1 Å². The molecule has 0 saturated carbocycles. The fourth-order valence-electron chi connectivity index (χ4n) is 4.46. The number of piperidine rings is 1. The van der Waals surface area contributed by atoms with Gasteiger partial charge in [-0.25, -0.2) is 13.4 Å². The lowest BCUT2D eigenvalue weighted by Gasteiger charge is -2.30. The average molecular weight is 541 g/mol. The summed E-state index contributed by atoms with van der Waals surface area (Å²) in [7, 11) is -3.91. The van der Waals surface area contributed by atoms with E-state index in [-0.39, 0.29) is 22.6 Å². The number of sulfonamides is 1. The van der Waals surface area contributed by atoms with Crippen molar-refractivity contribution in [2.75, 3.05) is 24.4 Å². The highest BCUT2D eigenvalue weighted by atomic mass is 32.2. The van der Waals surface area contributed by atoms with Crippen molar-refractivity contribution < 1.29 is 31.1 Å². The summed E-state index contributed by atoms with van der Waals surface area (Å²) >= 11 is 0.913. The Morgan fingerprint density at radius 3 is 2.61 bits per heavy atom. The van der Waals surface area contributed by atoms with E-state index in [4.69, 9.17) is 9.47 Å². The molecule has 0 spiro atoms. The van der Waals surface area contributed by atoms with E-state index in [1.165, 1.54) is 30.6 Å². The summed E-state index contributed by atoms with van der Waals surface area (Å²) in [5.74, 6) is 0.700. The molecule has 3 aromatic rings. The molecule has 1 saturated heterocycles. The van der Waals surface area contributed by atoms with E-state index in [1.54, 1.807) is 6.07 Å². The van der Waals surface area contributed by atoms with Gasteiger partial charge < -0.3 is 14.8 Å². The molecule has 2 aliphatic rings. The van der Waals surface area contributed by atoms with Crippen LogP contribution in [-0.2, 0) is 16.2 Å². The lowest BCUT2D eigenvalue weighted by atomic mass is 9.88. The molecule has 192 valence electrons. The first-order valence-electron chi connectivity index (χ1n) is 11.4. The fraction of sp³-hybridized carbons (Fsp3) is 0.391. The molecule has 3 heterocycles. The molecule has 0 bridgehead atoms. The van der Waals surface area contributed by atoms with Gasteiger partial charge in [0.15, 0.2) is 0 Å². The summed E-state index contributed by atoms with van der Waals surface area (Å²) in [6, 6.07) is 8.08. The molecule has 0 aliphatic carbocycles. The fourth-order valence-corrected chi connectivity index (χ4v) is 6.13. The molecule has 2 aliphatic heterocycles. The number of aromatic nitrogens is 2. The minimum absolute atomic E-state index is 0.0120. The van der Waals surface area contributed by atoms with Gasteiger partial charge in [0.2, 0.25) is 5.13 Å². The third-order valence-corrected chi connectivity index (χ3v) is 8.29. The Labute approximate surface area is 210 Å². The molecule has 0 radical (unpaired) electrons. The smallest absolute Gasteiger partial charge is 0.416 e. The quantitative estimate of drug-likeness (QED) is 0.466. The maximum Gasteiger partial charge on any atom is 0.416 e. The molecule has 1 fully saturated rings. The van der Waals surface area contributed by atoms with Crippen molar-refractivity contribution in [3.8, 4) is 11.5 Å². The first-order chi connectivity index (χ1) is 17.2. The van der Waals surface area contributed by atoms with Gasteiger partial charge in [0.1, 0.15) is 23.9 Å². The van der Waals surface area contributed by atoms with Crippen LogP contribution in [0.2, 0.25) is 0 Å². The van der Waals surface area contributed by atoms with Gasteiger partial charge in [0.25, 0.3) is 10.0 Å². The van der Waals surface area contributed by atoms with Crippen molar-refractivity contribution in [3.05, 3.63) is 59.4 Å². The summed E-state index contributed by atoms with van der Waals surface area (Å²) < 4.78 is 84.0. The minimum atomic E-state index is -4.45.